The minimum absolute atomic E-state index is 0.0328. The Labute approximate surface area is 154 Å². The molecule has 26 heavy (non-hydrogen) atoms. The van der Waals surface area contributed by atoms with Gasteiger partial charge in [0.25, 0.3) is 0 Å². The fourth-order valence-corrected chi connectivity index (χ4v) is 4.04. The summed E-state index contributed by atoms with van der Waals surface area (Å²) in [6, 6.07) is 8.49. The van der Waals surface area contributed by atoms with Crippen molar-refractivity contribution in [3.63, 3.8) is 0 Å². The second-order valence-electron chi connectivity index (χ2n) is 7.35. The molecule has 0 unspecified atom stereocenters. The Balaban J connectivity index is 1.28. The number of morpholine rings is 2. The van der Waals surface area contributed by atoms with Crippen LogP contribution in [0.15, 0.2) is 24.3 Å². The van der Waals surface area contributed by atoms with Gasteiger partial charge in [-0.05, 0) is 31.3 Å². The van der Waals surface area contributed by atoms with Crippen molar-refractivity contribution in [1.29, 1.82) is 0 Å². The van der Waals surface area contributed by atoms with Crippen LogP contribution in [0.4, 0.5) is 11.4 Å². The molecule has 7 heteroatoms. The Morgan fingerprint density at radius 3 is 2.62 bits per heavy atom. The van der Waals surface area contributed by atoms with Gasteiger partial charge in [0.05, 0.1) is 32.5 Å². The number of amides is 1. The molecule has 0 radical (unpaired) electrons. The third kappa shape index (κ3) is 4.01. The molecule has 3 aliphatic rings. The zero-order valence-electron chi connectivity index (χ0n) is 15.4. The van der Waals surface area contributed by atoms with E-state index in [0.717, 1.165) is 58.2 Å². The van der Waals surface area contributed by atoms with E-state index in [1.54, 1.807) is 0 Å². The zero-order chi connectivity index (χ0) is 17.9. The lowest BCUT2D eigenvalue weighted by Gasteiger charge is -2.33. The van der Waals surface area contributed by atoms with Gasteiger partial charge in [-0.25, -0.2) is 0 Å². The molecule has 7 nitrogen and oxygen atoms in total. The normalized spacial score (nSPS) is 27.3. The number of hydrogen-bond acceptors (Lipinski definition) is 6. The van der Waals surface area contributed by atoms with Crippen molar-refractivity contribution in [2.24, 2.45) is 0 Å². The number of likely N-dealkylation sites (tertiary alicyclic amines) is 1. The highest BCUT2D eigenvalue weighted by Crippen LogP contribution is 2.22. The molecule has 1 amide bonds. The molecule has 4 rings (SSSR count). The number of carbonyl (C=O) groups excluding carboxylic acids is 1. The summed E-state index contributed by atoms with van der Waals surface area (Å²) in [6.07, 6.45) is 0.231. The minimum Gasteiger partial charge on any atom is -0.378 e. The second kappa shape index (κ2) is 7.92. The van der Waals surface area contributed by atoms with Crippen LogP contribution in [0.3, 0.4) is 0 Å². The van der Waals surface area contributed by atoms with Crippen LogP contribution in [-0.4, -0.2) is 94.0 Å². The van der Waals surface area contributed by atoms with Gasteiger partial charge in [0.15, 0.2) is 0 Å². The zero-order valence-corrected chi connectivity index (χ0v) is 15.4. The smallest absolute Gasteiger partial charge is 0.238 e. The molecule has 0 aliphatic carbocycles. The number of nitrogens with one attached hydrogen (secondary N) is 1. The number of likely N-dealkylation sites (N-methyl/N-ethyl adjacent to an activating group) is 1. The van der Waals surface area contributed by atoms with Crippen LogP contribution in [0.2, 0.25) is 0 Å². The Kier molecular flexibility index (Phi) is 5.40. The lowest BCUT2D eigenvalue weighted by atomic mass is 10.1. The number of rotatable bonds is 4. The molecule has 0 aromatic heterocycles. The maximum absolute atomic E-state index is 12.4. The van der Waals surface area contributed by atoms with E-state index < -0.39 is 0 Å². The number of fused-ring (bicyclic) bond motifs is 1. The first kappa shape index (κ1) is 17.7. The molecule has 2 atom stereocenters. The summed E-state index contributed by atoms with van der Waals surface area (Å²) in [5.74, 6) is 0.0328. The summed E-state index contributed by atoms with van der Waals surface area (Å²) in [5.41, 5.74) is 2.02. The highest BCUT2D eigenvalue weighted by atomic mass is 16.5. The summed E-state index contributed by atoms with van der Waals surface area (Å²) < 4.78 is 11.2. The van der Waals surface area contributed by atoms with E-state index in [0.29, 0.717) is 12.6 Å². The van der Waals surface area contributed by atoms with Gasteiger partial charge in [0.2, 0.25) is 5.91 Å². The van der Waals surface area contributed by atoms with Gasteiger partial charge in [-0.3, -0.25) is 14.6 Å². The third-order valence-electron chi connectivity index (χ3n) is 5.55. The Morgan fingerprint density at radius 1 is 1.12 bits per heavy atom. The Hall–Kier alpha value is -1.67. The van der Waals surface area contributed by atoms with Crippen LogP contribution in [0.5, 0.6) is 0 Å². The lowest BCUT2D eigenvalue weighted by molar-refractivity contribution is -0.117. The molecule has 1 aromatic rings. The van der Waals surface area contributed by atoms with Crippen molar-refractivity contribution < 1.29 is 14.3 Å². The number of anilines is 2. The number of nitrogens with zero attached hydrogens (tertiary/aromatic N) is 3. The monoisotopic (exact) mass is 360 g/mol. The first-order valence-electron chi connectivity index (χ1n) is 9.46. The highest BCUT2D eigenvalue weighted by Gasteiger charge is 2.38. The summed E-state index contributed by atoms with van der Waals surface area (Å²) >= 11 is 0. The van der Waals surface area contributed by atoms with Gasteiger partial charge in [-0.2, -0.15) is 0 Å². The van der Waals surface area contributed by atoms with Crippen molar-refractivity contribution in [1.82, 2.24) is 9.80 Å². The van der Waals surface area contributed by atoms with E-state index in [2.05, 4.69) is 39.2 Å². The summed E-state index contributed by atoms with van der Waals surface area (Å²) in [5, 5.41) is 3.01. The molecule has 3 aliphatic heterocycles. The largest absolute Gasteiger partial charge is 0.378 e. The van der Waals surface area contributed by atoms with Gasteiger partial charge in [0.1, 0.15) is 0 Å². The van der Waals surface area contributed by atoms with Crippen LogP contribution >= 0.6 is 0 Å². The Bertz CT molecular complexity index is 618. The van der Waals surface area contributed by atoms with E-state index in [1.807, 2.05) is 12.1 Å². The highest BCUT2D eigenvalue weighted by molar-refractivity contribution is 5.92. The van der Waals surface area contributed by atoms with Crippen molar-refractivity contribution in [2.75, 3.05) is 76.4 Å². The first-order chi connectivity index (χ1) is 12.7. The van der Waals surface area contributed by atoms with Gasteiger partial charge < -0.3 is 19.7 Å². The van der Waals surface area contributed by atoms with Gasteiger partial charge in [-0.15, -0.1) is 0 Å². The van der Waals surface area contributed by atoms with Crippen LogP contribution in [0, 0.1) is 0 Å². The van der Waals surface area contributed by atoms with Crippen molar-refractivity contribution in [3.05, 3.63) is 24.3 Å². The molecule has 0 bridgehead atoms. The minimum atomic E-state index is 0.0328. The van der Waals surface area contributed by atoms with Crippen LogP contribution < -0.4 is 10.2 Å². The summed E-state index contributed by atoms with van der Waals surface area (Å²) in [7, 11) is 2.14. The molecule has 0 spiro atoms. The molecule has 3 heterocycles. The van der Waals surface area contributed by atoms with Crippen molar-refractivity contribution in [2.45, 2.75) is 12.1 Å². The van der Waals surface area contributed by atoms with Crippen LogP contribution in [0.1, 0.15) is 0 Å². The maximum Gasteiger partial charge on any atom is 0.238 e. The molecule has 1 aromatic carbocycles. The average molecular weight is 360 g/mol. The van der Waals surface area contributed by atoms with Gasteiger partial charge in [0, 0.05) is 50.1 Å². The van der Waals surface area contributed by atoms with Crippen molar-refractivity contribution in [3.8, 4) is 0 Å². The summed E-state index contributed by atoms with van der Waals surface area (Å²) in [6.45, 7) is 7.27. The van der Waals surface area contributed by atoms with Crippen molar-refractivity contribution >= 4 is 17.3 Å². The first-order valence-corrected chi connectivity index (χ1v) is 9.46. The fraction of sp³-hybridized carbons (Fsp3) is 0.632. The van der Waals surface area contributed by atoms with E-state index in [1.165, 1.54) is 5.69 Å². The van der Waals surface area contributed by atoms with E-state index in [-0.39, 0.29) is 12.0 Å². The molecular weight excluding hydrogens is 332 g/mol. The SMILES string of the molecule is CN1CCO[C@@H]2CN(CC(=O)Nc3ccc(N4CCOCC4)cc3)C[C@H]21. The quantitative estimate of drug-likeness (QED) is 0.843. The van der Waals surface area contributed by atoms with Crippen LogP contribution in [-0.2, 0) is 14.3 Å². The topological polar surface area (TPSA) is 57.3 Å². The average Bonchev–Trinajstić information content (AvgIpc) is 3.07. The number of ether oxygens (including phenoxy) is 2. The molecule has 142 valence electrons. The fourth-order valence-electron chi connectivity index (χ4n) is 4.04. The third-order valence-corrected chi connectivity index (χ3v) is 5.55. The standard InChI is InChI=1S/C19H28N4O3/c1-21-6-11-26-18-13-22(12-17(18)21)14-19(24)20-15-2-4-16(5-3-15)23-7-9-25-10-8-23/h2-5,17-18H,6-14H2,1H3,(H,20,24)/t17-,18-/m1/s1. The molecule has 3 saturated heterocycles. The molecule has 1 N–H and O–H groups in total. The van der Waals surface area contributed by atoms with E-state index >= 15 is 0 Å². The predicted octanol–water partition coefficient (Wildman–Crippen LogP) is 0.477. The predicted molar refractivity (Wildman–Crippen MR) is 101 cm³/mol. The van der Waals surface area contributed by atoms with E-state index in [9.17, 15) is 4.79 Å². The number of hydrogen-bond donors (Lipinski definition) is 1. The number of carbonyl (C=O) groups is 1. The molecular formula is C19H28N4O3. The maximum atomic E-state index is 12.4. The van der Waals surface area contributed by atoms with E-state index in [4.69, 9.17) is 9.47 Å². The van der Waals surface area contributed by atoms with Gasteiger partial charge in [-0.1, -0.05) is 0 Å². The number of benzene rings is 1. The summed E-state index contributed by atoms with van der Waals surface area (Å²) in [4.78, 5) is 19.2. The Morgan fingerprint density at radius 2 is 1.88 bits per heavy atom. The molecule has 0 saturated carbocycles. The second-order valence-corrected chi connectivity index (χ2v) is 7.35. The molecule has 3 fully saturated rings. The lowest BCUT2D eigenvalue weighted by Crippen LogP contribution is -2.48. The van der Waals surface area contributed by atoms with Crippen LogP contribution in [0.25, 0.3) is 0 Å². The van der Waals surface area contributed by atoms with Gasteiger partial charge >= 0.3 is 0 Å².